The Morgan fingerprint density at radius 3 is 2.30 bits per heavy atom. The predicted molar refractivity (Wildman–Crippen MR) is 126 cm³/mol. The van der Waals surface area contributed by atoms with E-state index in [0.29, 0.717) is 13.1 Å². The molecule has 3 aromatic rings. The van der Waals surface area contributed by atoms with Crippen LogP contribution in [0, 0.1) is 5.41 Å². The fourth-order valence-corrected chi connectivity index (χ4v) is 3.15. The van der Waals surface area contributed by atoms with Crippen molar-refractivity contribution in [2.24, 2.45) is 5.41 Å². The first-order valence-corrected chi connectivity index (χ1v) is 10.3. The number of carbonyl (C=O) groups excluding carboxylic acids is 1. The molecule has 33 heavy (non-hydrogen) atoms. The van der Waals surface area contributed by atoms with Crippen molar-refractivity contribution in [3.63, 3.8) is 0 Å². The van der Waals surface area contributed by atoms with E-state index >= 15 is 0 Å². The number of nitrogens with zero attached hydrogens (tertiary/aromatic N) is 1. The van der Waals surface area contributed by atoms with Crippen LogP contribution in [-0.2, 0) is 19.1 Å². The van der Waals surface area contributed by atoms with Crippen molar-refractivity contribution in [2.75, 3.05) is 6.61 Å². The van der Waals surface area contributed by atoms with Gasteiger partial charge in [0.05, 0.1) is 17.5 Å². The lowest BCUT2D eigenvalue weighted by atomic mass is 9.80. The summed E-state index contributed by atoms with van der Waals surface area (Å²) in [6.07, 6.45) is 6.55. The largest absolute Gasteiger partial charge is 0.481 e. The first-order chi connectivity index (χ1) is 15.8. The number of carboxylic acid groups (broad SMARTS) is 2. The molecule has 1 heterocycles. The zero-order valence-corrected chi connectivity index (χ0v) is 18.5. The highest BCUT2D eigenvalue weighted by atomic mass is 16.5. The quantitative estimate of drug-likeness (QED) is 0.539. The number of fused-ring (bicyclic) bond motifs is 1. The van der Waals surface area contributed by atoms with Crippen LogP contribution in [0.5, 0.6) is 0 Å². The Morgan fingerprint density at radius 2 is 1.73 bits per heavy atom. The van der Waals surface area contributed by atoms with E-state index in [-0.39, 0.29) is 12.0 Å². The van der Waals surface area contributed by atoms with E-state index in [0.717, 1.165) is 0 Å². The summed E-state index contributed by atoms with van der Waals surface area (Å²) in [5, 5.41) is 18.8. The number of para-hydroxylation sites is 2. The molecule has 1 aliphatic rings. The van der Waals surface area contributed by atoms with Crippen LogP contribution in [-0.4, -0.2) is 39.8 Å². The molecule has 0 amide bonds. The summed E-state index contributed by atoms with van der Waals surface area (Å²) in [6.45, 7) is 4.17. The van der Waals surface area contributed by atoms with Crippen LogP contribution in [0.3, 0.4) is 0 Å². The molecule has 0 fully saturated rings. The number of rotatable bonds is 5. The number of hydrogen-bond donors (Lipinski definition) is 2. The van der Waals surface area contributed by atoms with Crippen molar-refractivity contribution in [2.45, 2.75) is 20.3 Å². The van der Waals surface area contributed by atoms with Crippen LogP contribution in [0.2, 0.25) is 0 Å². The van der Waals surface area contributed by atoms with Gasteiger partial charge in [-0.1, -0.05) is 54.6 Å². The molecular formula is C26H27NO6. The maximum atomic E-state index is 10.8. The van der Waals surface area contributed by atoms with Crippen molar-refractivity contribution in [1.82, 2.24) is 4.57 Å². The molecule has 7 heteroatoms. The van der Waals surface area contributed by atoms with Crippen molar-refractivity contribution in [3.8, 4) is 5.69 Å². The normalized spacial score (nSPS) is 16.4. The van der Waals surface area contributed by atoms with Gasteiger partial charge in [0.15, 0.2) is 0 Å². The average molecular weight is 450 g/mol. The van der Waals surface area contributed by atoms with E-state index in [4.69, 9.17) is 10.2 Å². The molecule has 172 valence electrons. The van der Waals surface area contributed by atoms with E-state index in [1.807, 2.05) is 6.07 Å². The van der Waals surface area contributed by atoms with Gasteiger partial charge >= 0.3 is 11.9 Å². The van der Waals surface area contributed by atoms with Crippen molar-refractivity contribution < 1.29 is 29.3 Å². The predicted octanol–water partition coefficient (Wildman–Crippen LogP) is 4.86. The fraction of sp³-hybridized carbons (Fsp3) is 0.192. The monoisotopic (exact) mass is 449 g/mol. The summed E-state index contributed by atoms with van der Waals surface area (Å²) in [5.74, 6) is -2.06. The molecule has 0 bridgehead atoms. The van der Waals surface area contributed by atoms with Gasteiger partial charge in [-0.3, -0.25) is 9.59 Å². The highest BCUT2D eigenvalue weighted by Crippen LogP contribution is 2.31. The SMILES string of the molecule is CC1(C(=O)O)C=CC=C(C(=O)O)C1.CCOC=O.c1ccc(-n2ccc3ccccc32)cc1. The highest BCUT2D eigenvalue weighted by molar-refractivity contribution is 5.90. The van der Waals surface area contributed by atoms with Gasteiger partial charge in [0.25, 0.3) is 6.47 Å². The molecule has 4 rings (SSSR count). The van der Waals surface area contributed by atoms with Crippen LogP contribution >= 0.6 is 0 Å². The van der Waals surface area contributed by atoms with Gasteiger partial charge in [-0.25, -0.2) is 4.79 Å². The molecule has 0 radical (unpaired) electrons. The molecular weight excluding hydrogens is 422 g/mol. The summed E-state index contributed by atoms with van der Waals surface area (Å²) >= 11 is 0. The lowest BCUT2D eigenvalue weighted by molar-refractivity contribution is -0.145. The van der Waals surface area contributed by atoms with Crippen molar-refractivity contribution in [1.29, 1.82) is 0 Å². The van der Waals surface area contributed by atoms with Crippen LogP contribution in [0.1, 0.15) is 20.3 Å². The van der Waals surface area contributed by atoms with Gasteiger partial charge in [0, 0.05) is 17.5 Å². The van der Waals surface area contributed by atoms with Crippen molar-refractivity contribution in [3.05, 3.63) is 90.7 Å². The fourth-order valence-electron chi connectivity index (χ4n) is 3.15. The second-order valence-corrected chi connectivity index (χ2v) is 7.39. The summed E-state index contributed by atoms with van der Waals surface area (Å²) in [7, 11) is 0. The van der Waals surface area contributed by atoms with Crippen molar-refractivity contribution >= 4 is 29.3 Å². The summed E-state index contributed by atoms with van der Waals surface area (Å²) in [4.78, 5) is 30.5. The molecule has 1 aromatic heterocycles. The Morgan fingerprint density at radius 1 is 1.06 bits per heavy atom. The molecule has 0 aliphatic heterocycles. The molecule has 1 atom stereocenters. The number of benzene rings is 2. The second-order valence-electron chi connectivity index (χ2n) is 7.39. The lowest BCUT2D eigenvalue weighted by Gasteiger charge is -2.23. The van der Waals surface area contributed by atoms with Gasteiger partial charge in [0.2, 0.25) is 0 Å². The van der Waals surface area contributed by atoms with E-state index < -0.39 is 17.4 Å². The molecule has 7 nitrogen and oxygen atoms in total. The van der Waals surface area contributed by atoms with E-state index in [1.54, 1.807) is 6.92 Å². The summed E-state index contributed by atoms with van der Waals surface area (Å²) in [6, 6.07) is 20.9. The number of allylic oxidation sites excluding steroid dienone is 2. The van der Waals surface area contributed by atoms with E-state index in [2.05, 4.69) is 70.1 Å². The second kappa shape index (κ2) is 12.0. The van der Waals surface area contributed by atoms with Gasteiger partial charge in [0.1, 0.15) is 0 Å². The average Bonchev–Trinajstić information content (AvgIpc) is 3.25. The Balaban J connectivity index is 0.000000197. The lowest BCUT2D eigenvalue weighted by Crippen LogP contribution is -2.28. The van der Waals surface area contributed by atoms with Crippen LogP contribution < -0.4 is 0 Å². The summed E-state index contributed by atoms with van der Waals surface area (Å²) < 4.78 is 6.36. The smallest absolute Gasteiger partial charge is 0.331 e. The standard InChI is InChI=1S/C14H11N.C9H10O4.C3H6O2/c1-2-7-13(8-3-1)15-11-10-12-6-4-5-9-14(12)15;1-9(8(12)13)4-2-3-6(5-9)7(10)11;1-2-5-3-4/h1-11H;2-4H,5H2,1H3,(H,10,11)(H,12,13);3H,2H2,1H3. The van der Waals surface area contributed by atoms with Crippen LogP contribution in [0.15, 0.2) is 90.7 Å². The van der Waals surface area contributed by atoms with E-state index in [9.17, 15) is 14.4 Å². The Kier molecular flexibility index (Phi) is 9.17. The first kappa shape index (κ1) is 25.1. The van der Waals surface area contributed by atoms with Gasteiger partial charge in [-0.15, -0.1) is 0 Å². The number of carbonyl (C=O) groups is 3. The summed E-state index contributed by atoms with van der Waals surface area (Å²) in [5.41, 5.74) is 1.51. The maximum absolute atomic E-state index is 10.8. The maximum Gasteiger partial charge on any atom is 0.331 e. The zero-order chi connectivity index (χ0) is 24.3. The molecule has 0 saturated heterocycles. The van der Waals surface area contributed by atoms with Crippen LogP contribution in [0.25, 0.3) is 16.6 Å². The minimum atomic E-state index is -1.08. The number of aliphatic carboxylic acids is 2. The Labute approximate surface area is 192 Å². The van der Waals surface area contributed by atoms with Gasteiger partial charge in [-0.05, 0) is 49.9 Å². The zero-order valence-electron chi connectivity index (χ0n) is 18.5. The number of carboxylic acids is 2. The molecule has 0 saturated carbocycles. The number of hydrogen-bond acceptors (Lipinski definition) is 4. The molecule has 0 spiro atoms. The van der Waals surface area contributed by atoms with Gasteiger partial charge in [-0.2, -0.15) is 0 Å². The third-order valence-electron chi connectivity index (χ3n) is 4.95. The highest BCUT2D eigenvalue weighted by Gasteiger charge is 2.34. The molecule has 1 aliphatic carbocycles. The third kappa shape index (κ3) is 6.93. The Bertz CT molecular complexity index is 1150. The number of aromatic nitrogens is 1. The third-order valence-corrected chi connectivity index (χ3v) is 4.95. The van der Waals surface area contributed by atoms with Crippen LogP contribution in [0.4, 0.5) is 0 Å². The molecule has 2 N–H and O–H groups in total. The molecule has 2 aromatic carbocycles. The Hall–Kier alpha value is -4.13. The minimum Gasteiger partial charge on any atom is -0.481 e. The first-order valence-electron chi connectivity index (χ1n) is 10.3. The number of ether oxygens (including phenoxy) is 1. The topological polar surface area (TPSA) is 106 Å². The van der Waals surface area contributed by atoms with E-state index in [1.165, 1.54) is 41.7 Å². The van der Waals surface area contributed by atoms with Gasteiger partial charge < -0.3 is 19.5 Å². The minimum absolute atomic E-state index is 0.0359. The molecule has 1 unspecified atom stereocenters.